The van der Waals surface area contributed by atoms with Crippen molar-refractivity contribution in [1.29, 1.82) is 0 Å². The van der Waals surface area contributed by atoms with E-state index in [0.717, 1.165) is 48.1 Å². The monoisotopic (exact) mass is 325 g/mol. The summed E-state index contributed by atoms with van der Waals surface area (Å²) >= 11 is 3.44. The van der Waals surface area contributed by atoms with Crippen molar-refractivity contribution in [3.63, 3.8) is 0 Å². The number of carbonyl (C=O) groups is 1. The molecule has 0 N–H and O–H groups in total. The van der Waals surface area contributed by atoms with Crippen molar-refractivity contribution < 1.29 is 4.79 Å². The van der Waals surface area contributed by atoms with Crippen molar-refractivity contribution in [3.8, 4) is 0 Å². The number of carbonyl (C=O) groups excluding carboxylic acids is 1. The van der Waals surface area contributed by atoms with E-state index in [-0.39, 0.29) is 5.91 Å². The largest absolute Gasteiger partial charge is 0.335 e. The summed E-state index contributed by atoms with van der Waals surface area (Å²) in [4.78, 5) is 14.7. The molecule has 2 rings (SSSR count). The number of aryl methyl sites for hydroxylation is 2. The van der Waals surface area contributed by atoms with Crippen LogP contribution in [0.4, 0.5) is 0 Å². The molecular formula is C14H20BrN3O. The van der Waals surface area contributed by atoms with E-state index in [0.29, 0.717) is 6.04 Å². The lowest BCUT2D eigenvalue weighted by molar-refractivity contribution is 0.0597. The summed E-state index contributed by atoms with van der Waals surface area (Å²) in [5, 5.41) is 9.02. The molecule has 0 spiro atoms. The van der Waals surface area contributed by atoms with E-state index in [2.05, 4.69) is 26.1 Å². The Labute approximate surface area is 122 Å². The minimum atomic E-state index is 0.110. The first-order chi connectivity index (χ1) is 9.17. The van der Waals surface area contributed by atoms with Crippen LogP contribution in [-0.2, 0) is 6.42 Å². The maximum Gasteiger partial charge on any atom is 0.256 e. The molecule has 4 nitrogen and oxygen atoms in total. The number of aromatic nitrogens is 2. The molecule has 0 atom stereocenters. The molecule has 1 amide bonds. The van der Waals surface area contributed by atoms with Crippen LogP contribution in [0.25, 0.3) is 0 Å². The highest BCUT2D eigenvalue weighted by Crippen LogP contribution is 2.26. The molecule has 1 aliphatic rings. The minimum Gasteiger partial charge on any atom is -0.335 e. The van der Waals surface area contributed by atoms with E-state index < -0.39 is 0 Å². The van der Waals surface area contributed by atoms with Crippen molar-refractivity contribution in [2.45, 2.75) is 45.6 Å². The summed E-state index contributed by atoms with van der Waals surface area (Å²) in [5.74, 6) is 0.110. The van der Waals surface area contributed by atoms with E-state index >= 15 is 0 Å². The van der Waals surface area contributed by atoms with E-state index in [1.165, 1.54) is 6.42 Å². The van der Waals surface area contributed by atoms with Gasteiger partial charge in [-0.05, 0) is 38.7 Å². The normalized spacial score (nSPS) is 15.1. The van der Waals surface area contributed by atoms with Crippen LogP contribution in [0.2, 0.25) is 0 Å². The van der Waals surface area contributed by atoms with Gasteiger partial charge >= 0.3 is 0 Å². The summed E-state index contributed by atoms with van der Waals surface area (Å²) < 4.78 is 0. The van der Waals surface area contributed by atoms with Gasteiger partial charge in [0.2, 0.25) is 0 Å². The highest BCUT2D eigenvalue weighted by Gasteiger charge is 2.30. The van der Waals surface area contributed by atoms with E-state index in [1.807, 2.05) is 24.8 Å². The second-order valence-electron chi connectivity index (χ2n) is 4.97. The Morgan fingerprint density at radius 2 is 2.21 bits per heavy atom. The molecule has 1 aromatic heterocycles. The maximum atomic E-state index is 12.7. The SMILES string of the molecule is CCc1nnc(C)cc1C(=O)N(CCBr)C1CCC1. The van der Waals surface area contributed by atoms with Gasteiger partial charge in [0.05, 0.1) is 17.0 Å². The van der Waals surface area contributed by atoms with Gasteiger partial charge in [-0.25, -0.2) is 0 Å². The average Bonchev–Trinajstić information content (AvgIpc) is 2.35. The van der Waals surface area contributed by atoms with Crippen molar-refractivity contribution in [2.75, 3.05) is 11.9 Å². The van der Waals surface area contributed by atoms with Gasteiger partial charge in [-0.3, -0.25) is 4.79 Å². The fourth-order valence-electron chi connectivity index (χ4n) is 2.35. The fourth-order valence-corrected chi connectivity index (χ4v) is 2.74. The molecule has 1 heterocycles. The third-order valence-corrected chi connectivity index (χ3v) is 4.01. The summed E-state index contributed by atoms with van der Waals surface area (Å²) in [5.41, 5.74) is 2.32. The zero-order chi connectivity index (χ0) is 13.8. The van der Waals surface area contributed by atoms with Crippen LogP contribution in [0.1, 0.15) is 47.9 Å². The lowest BCUT2D eigenvalue weighted by Gasteiger charge is -2.37. The predicted molar refractivity (Wildman–Crippen MR) is 78.6 cm³/mol. The molecule has 0 unspecified atom stereocenters. The third kappa shape index (κ3) is 3.14. The Hall–Kier alpha value is -0.970. The van der Waals surface area contributed by atoms with Gasteiger partial charge in [0, 0.05) is 17.9 Å². The first-order valence-corrected chi connectivity index (χ1v) is 7.99. The number of amides is 1. The molecule has 0 radical (unpaired) electrons. The van der Waals surface area contributed by atoms with Crippen LogP contribution in [-0.4, -0.2) is 38.9 Å². The fraction of sp³-hybridized carbons (Fsp3) is 0.643. The Morgan fingerprint density at radius 3 is 2.74 bits per heavy atom. The standard InChI is InChI=1S/C14H20BrN3O/c1-3-13-12(9-10(2)16-17-13)14(19)18(8-7-15)11-5-4-6-11/h9,11H,3-8H2,1-2H3. The molecule has 0 aromatic carbocycles. The van der Waals surface area contributed by atoms with Gasteiger partial charge in [0.1, 0.15) is 0 Å². The summed E-state index contributed by atoms with van der Waals surface area (Å²) in [6.45, 7) is 4.64. The molecule has 1 aliphatic carbocycles. The number of hydrogen-bond acceptors (Lipinski definition) is 3. The number of hydrogen-bond donors (Lipinski definition) is 0. The van der Waals surface area contributed by atoms with E-state index in [4.69, 9.17) is 0 Å². The van der Waals surface area contributed by atoms with Crippen LogP contribution in [0, 0.1) is 6.92 Å². The van der Waals surface area contributed by atoms with Gasteiger partial charge in [-0.2, -0.15) is 10.2 Å². The van der Waals surface area contributed by atoms with Crippen molar-refractivity contribution in [2.24, 2.45) is 0 Å². The Balaban J connectivity index is 2.27. The Morgan fingerprint density at radius 1 is 1.47 bits per heavy atom. The second kappa shape index (κ2) is 6.46. The molecular weight excluding hydrogens is 306 g/mol. The number of alkyl halides is 1. The molecule has 0 aliphatic heterocycles. The van der Waals surface area contributed by atoms with Crippen LogP contribution in [0.3, 0.4) is 0 Å². The molecule has 19 heavy (non-hydrogen) atoms. The number of rotatable bonds is 5. The zero-order valence-corrected chi connectivity index (χ0v) is 13.1. The third-order valence-electron chi connectivity index (χ3n) is 3.66. The highest BCUT2D eigenvalue weighted by atomic mass is 79.9. The smallest absolute Gasteiger partial charge is 0.256 e. The molecule has 5 heteroatoms. The predicted octanol–water partition coefficient (Wildman–Crippen LogP) is 2.74. The summed E-state index contributed by atoms with van der Waals surface area (Å²) in [7, 11) is 0. The van der Waals surface area contributed by atoms with E-state index in [1.54, 1.807) is 0 Å². The zero-order valence-electron chi connectivity index (χ0n) is 11.5. The number of halogens is 1. The van der Waals surface area contributed by atoms with Gasteiger partial charge in [-0.15, -0.1) is 0 Å². The van der Waals surface area contributed by atoms with Gasteiger partial charge in [0.15, 0.2) is 0 Å². The van der Waals surface area contributed by atoms with Crippen LogP contribution in [0.5, 0.6) is 0 Å². The van der Waals surface area contributed by atoms with Gasteiger partial charge < -0.3 is 4.90 Å². The number of nitrogens with zero attached hydrogens (tertiary/aromatic N) is 3. The second-order valence-corrected chi connectivity index (χ2v) is 5.76. The first-order valence-electron chi connectivity index (χ1n) is 6.87. The summed E-state index contributed by atoms with van der Waals surface area (Å²) in [6, 6.07) is 2.27. The Kier molecular flexibility index (Phi) is 4.91. The highest BCUT2D eigenvalue weighted by molar-refractivity contribution is 9.09. The molecule has 1 saturated carbocycles. The molecule has 0 bridgehead atoms. The van der Waals surface area contributed by atoms with Crippen molar-refractivity contribution in [1.82, 2.24) is 15.1 Å². The molecule has 0 saturated heterocycles. The molecule has 104 valence electrons. The van der Waals surface area contributed by atoms with Crippen LogP contribution >= 0.6 is 15.9 Å². The average molecular weight is 326 g/mol. The van der Waals surface area contributed by atoms with Crippen molar-refractivity contribution in [3.05, 3.63) is 23.0 Å². The topological polar surface area (TPSA) is 46.1 Å². The van der Waals surface area contributed by atoms with Gasteiger partial charge in [0.25, 0.3) is 5.91 Å². The lowest BCUT2D eigenvalue weighted by atomic mass is 9.91. The Bertz CT molecular complexity index is 460. The quantitative estimate of drug-likeness (QED) is 0.782. The van der Waals surface area contributed by atoms with Crippen LogP contribution < -0.4 is 0 Å². The van der Waals surface area contributed by atoms with Crippen LogP contribution in [0.15, 0.2) is 6.07 Å². The van der Waals surface area contributed by atoms with E-state index in [9.17, 15) is 4.79 Å². The summed E-state index contributed by atoms with van der Waals surface area (Å²) in [6.07, 6.45) is 4.21. The molecule has 1 fully saturated rings. The maximum absolute atomic E-state index is 12.7. The molecule has 1 aromatic rings. The lowest BCUT2D eigenvalue weighted by Crippen LogP contribution is -2.45. The first kappa shape index (κ1) is 14.4. The minimum absolute atomic E-state index is 0.110. The van der Waals surface area contributed by atoms with Crippen molar-refractivity contribution >= 4 is 21.8 Å². The van der Waals surface area contributed by atoms with Gasteiger partial charge in [-0.1, -0.05) is 22.9 Å².